The summed E-state index contributed by atoms with van der Waals surface area (Å²) in [5.74, 6) is 0.518. The van der Waals surface area contributed by atoms with E-state index in [1.54, 1.807) is 0 Å². The molecule has 0 aliphatic carbocycles. The highest BCUT2D eigenvalue weighted by Crippen LogP contribution is 2.27. The van der Waals surface area contributed by atoms with Gasteiger partial charge >= 0.3 is 0 Å². The fourth-order valence-electron chi connectivity index (χ4n) is 1.34. The molecular weight excluding hydrogens is 232 g/mol. The summed E-state index contributed by atoms with van der Waals surface area (Å²) in [5.41, 5.74) is 6.61. The lowest BCUT2D eigenvalue weighted by molar-refractivity contribution is 0.785. The second-order valence-electron chi connectivity index (χ2n) is 2.72. The Balaban J connectivity index is 2.87. The van der Waals surface area contributed by atoms with E-state index in [2.05, 4.69) is 32.8 Å². The van der Waals surface area contributed by atoms with Gasteiger partial charge in [-0.2, -0.15) is 0 Å². The predicted molar refractivity (Wildman–Crippen MR) is 55.3 cm³/mol. The minimum Gasteiger partial charge on any atom is -0.383 e. The van der Waals surface area contributed by atoms with Gasteiger partial charge in [0.05, 0.1) is 5.39 Å². The third kappa shape index (κ3) is 1.19. The number of fused-ring (bicyclic) bond motifs is 1. The molecular formula is C8H9BrN4. The minimum absolute atomic E-state index is 0.518. The average Bonchev–Trinajstić information content (AvgIpc) is 2.44. The van der Waals surface area contributed by atoms with Crippen LogP contribution < -0.4 is 5.73 Å². The molecule has 0 fully saturated rings. The second-order valence-corrected chi connectivity index (χ2v) is 3.57. The summed E-state index contributed by atoms with van der Waals surface area (Å²) in [5, 5.41) is 0.893. The first-order valence-corrected chi connectivity index (χ1v) is 4.78. The second kappa shape index (κ2) is 2.99. The topological polar surface area (TPSA) is 56.7 Å². The number of aryl methyl sites for hydroxylation is 1. The number of hydrogen-bond acceptors (Lipinski definition) is 3. The number of rotatable bonds is 1. The molecule has 2 N–H and O–H groups in total. The quantitative estimate of drug-likeness (QED) is 0.828. The van der Waals surface area contributed by atoms with E-state index in [0.29, 0.717) is 5.82 Å². The first-order valence-electron chi connectivity index (χ1n) is 3.99. The molecule has 0 radical (unpaired) electrons. The van der Waals surface area contributed by atoms with Crippen molar-refractivity contribution in [1.29, 1.82) is 0 Å². The summed E-state index contributed by atoms with van der Waals surface area (Å²) in [6.45, 7) is 2.93. The summed E-state index contributed by atoms with van der Waals surface area (Å²) >= 11 is 3.43. The van der Waals surface area contributed by atoms with Crippen molar-refractivity contribution in [2.45, 2.75) is 13.5 Å². The van der Waals surface area contributed by atoms with Crippen molar-refractivity contribution >= 4 is 32.8 Å². The molecule has 0 saturated carbocycles. The Morgan fingerprint density at radius 1 is 1.54 bits per heavy atom. The third-order valence-electron chi connectivity index (χ3n) is 1.98. The molecule has 5 heteroatoms. The van der Waals surface area contributed by atoms with Gasteiger partial charge in [-0.25, -0.2) is 9.97 Å². The molecule has 4 nitrogen and oxygen atoms in total. The van der Waals surface area contributed by atoms with Crippen molar-refractivity contribution in [3.8, 4) is 0 Å². The fraction of sp³-hybridized carbons (Fsp3) is 0.250. The van der Waals surface area contributed by atoms with Crippen LogP contribution in [0.1, 0.15) is 6.92 Å². The molecule has 0 saturated heterocycles. The van der Waals surface area contributed by atoms with Gasteiger partial charge in [0.1, 0.15) is 17.8 Å². The number of nitrogen functional groups attached to an aromatic ring is 1. The molecule has 0 atom stereocenters. The fourth-order valence-corrected chi connectivity index (χ4v) is 1.97. The van der Waals surface area contributed by atoms with E-state index in [0.717, 1.165) is 22.1 Å². The Labute approximate surface area is 83.9 Å². The standard InChI is InChI=1S/C8H9BrN4/c1-2-13-3-5(9)6-7(10)11-4-12-8(6)13/h3-4H,2H2,1H3,(H2,10,11,12). The van der Waals surface area contributed by atoms with Crippen molar-refractivity contribution in [3.05, 3.63) is 17.0 Å². The van der Waals surface area contributed by atoms with Crippen LogP contribution in [0.15, 0.2) is 17.0 Å². The van der Waals surface area contributed by atoms with Gasteiger partial charge in [-0.1, -0.05) is 0 Å². The molecule has 0 spiro atoms. The number of anilines is 1. The summed E-state index contributed by atoms with van der Waals surface area (Å²) in [6.07, 6.45) is 3.45. The van der Waals surface area contributed by atoms with Crippen LogP contribution in [0.4, 0.5) is 5.82 Å². The number of nitrogens with zero attached hydrogens (tertiary/aromatic N) is 3. The lowest BCUT2D eigenvalue weighted by Gasteiger charge is -1.98. The van der Waals surface area contributed by atoms with E-state index >= 15 is 0 Å². The highest BCUT2D eigenvalue weighted by atomic mass is 79.9. The SMILES string of the molecule is CCn1cc(Br)c2c(N)ncnc21. The number of aromatic nitrogens is 3. The van der Waals surface area contributed by atoms with Crippen LogP contribution in [0, 0.1) is 0 Å². The predicted octanol–water partition coefficient (Wildman–Crippen LogP) is 1.80. The maximum Gasteiger partial charge on any atom is 0.146 e. The highest BCUT2D eigenvalue weighted by molar-refractivity contribution is 9.10. The van der Waals surface area contributed by atoms with Crippen molar-refractivity contribution in [2.75, 3.05) is 5.73 Å². The number of nitrogens with two attached hydrogens (primary N) is 1. The lowest BCUT2D eigenvalue weighted by atomic mass is 10.4. The highest BCUT2D eigenvalue weighted by Gasteiger charge is 2.09. The lowest BCUT2D eigenvalue weighted by Crippen LogP contribution is -1.96. The van der Waals surface area contributed by atoms with Crippen molar-refractivity contribution in [3.63, 3.8) is 0 Å². The van der Waals surface area contributed by atoms with Gasteiger partial charge in [0.2, 0.25) is 0 Å². The largest absolute Gasteiger partial charge is 0.383 e. The summed E-state index contributed by atoms with van der Waals surface area (Å²) in [7, 11) is 0. The molecule has 0 unspecified atom stereocenters. The maximum absolute atomic E-state index is 5.73. The van der Waals surface area contributed by atoms with E-state index < -0.39 is 0 Å². The maximum atomic E-state index is 5.73. The average molecular weight is 241 g/mol. The zero-order valence-electron chi connectivity index (χ0n) is 7.16. The van der Waals surface area contributed by atoms with Crippen molar-refractivity contribution < 1.29 is 0 Å². The summed E-state index contributed by atoms with van der Waals surface area (Å²) in [4.78, 5) is 8.11. The molecule has 2 aromatic rings. The molecule has 13 heavy (non-hydrogen) atoms. The molecule has 2 aromatic heterocycles. The zero-order chi connectivity index (χ0) is 9.42. The smallest absolute Gasteiger partial charge is 0.146 e. The van der Waals surface area contributed by atoms with E-state index in [1.165, 1.54) is 6.33 Å². The summed E-state index contributed by atoms with van der Waals surface area (Å²) in [6, 6.07) is 0. The van der Waals surface area contributed by atoms with Gasteiger partial charge < -0.3 is 10.3 Å². The molecule has 0 aliphatic rings. The van der Waals surface area contributed by atoms with E-state index in [9.17, 15) is 0 Å². The Morgan fingerprint density at radius 2 is 2.31 bits per heavy atom. The first kappa shape index (κ1) is 8.50. The van der Waals surface area contributed by atoms with Gasteiger partial charge in [0.25, 0.3) is 0 Å². The van der Waals surface area contributed by atoms with E-state index in [1.807, 2.05) is 10.8 Å². The van der Waals surface area contributed by atoms with Crippen molar-refractivity contribution in [1.82, 2.24) is 14.5 Å². The Kier molecular flexibility index (Phi) is 1.95. The van der Waals surface area contributed by atoms with Crippen LogP contribution in [0.5, 0.6) is 0 Å². The normalized spacial score (nSPS) is 10.9. The molecule has 0 aliphatic heterocycles. The van der Waals surface area contributed by atoms with Crippen LogP contribution in [0.25, 0.3) is 11.0 Å². The number of hydrogen-bond donors (Lipinski definition) is 1. The molecule has 68 valence electrons. The van der Waals surface area contributed by atoms with Crippen LogP contribution in [0.3, 0.4) is 0 Å². The monoisotopic (exact) mass is 240 g/mol. The van der Waals surface area contributed by atoms with Gasteiger partial charge in [-0.15, -0.1) is 0 Å². The molecule has 2 heterocycles. The van der Waals surface area contributed by atoms with Crippen LogP contribution in [-0.4, -0.2) is 14.5 Å². The van der Waals surface area contributed by atoms with Gasteiger partial charge in [-0.05, 0) is 22.9 Å². The molecule has 0 aromatic carbocycles. The molecule has 0 bridgehead atoms. The third-order valence-corrected chi connectivity index (χ3v) is 2.58. The summed E-state index contributed by atoms with van der Waals surface area (Å²) < 4.78 is 2.97. The molecule has 2 rings (SSSR count). The van der Waals surface area contributed by atoms with Crippen molar-refractivity contribution in [2.24, 2.45) is 0 Å². The minimum atomic E-state index is 0.518. The Morgan fingerprint density at radius 3 is 3.00 bits per heavy atom. The zero-order valence-corrected chi connectivity index (χ0v) is 8.74. The Hall–Kier alpha value is -1.10. The van der Waals surface area contributed by atoms with E-state index in [-0.39, 0.29) is 0 Å². The van der Waals surface area contributed by atoms with Crippen LogP contribution >= 0.6 is 15.9 Å². The van der Waals surface area contributed by atoms with Gasteiger partial charge in [0.15, 0.2) is 0 Å². The Bertz CT molecular complexity index is 449. The van der Waals surface area contributed by atoms with Crippen LogP contribution in [0.2, 0.25) is 0 Å². The number of halogens is 1. The van der Waals surface area contributed by atoms with Crippen LogP contribution in [-0.2, 0) is 6.54 Å². The first-order chi connectivity index (χ1) is 6.24. The van der Waals surface area contributed by atoms with E-state index in [4.69, 9.17) is 5.73 Å². The molecule has 0 amide bonds. The van der Waals surface area contributed by atoms with Gasteiger partial charge in [-0.3, -0.25) is 0 Å². The van der Waals surface area contributed by atoms with Gasteiger partial charge in [0, 0.05) is 17.2 Å².